The Bertz CT molecular complexity index is 1000. The summed E-state index contributed by atoms with van der Waals surface area (Å²) in [6.07, 6.45) is 5.21. The summed E-state index contributed by atoms with van der Waals surface area (Å²) < 4.78 is 6.51. The summed E-state index contributed by atoms with van der Waals surface area (Å²) >= 11 is 0. The van der Waals surface area contributed by atoms with Gasteiger partial charge in [0.1, 0.15) is 11.3 Å². The van der Waals surface area contributed by atoms with E-state index >= 15 is 0 Å². The highest BCUT2D eigenvalue weighted by atomic mass is 16.5. The zero-order valence-electron chi connectivity index (χ0n) is 15.8. The van der Waals surface area contributed by atoms with Crippen molar-refractivity contribution in [1.29, 1.82) is 0 Å². The zero-order valence-corrected chi connectivity index (χ0v) is 15.8. The van der Waals surface area contributed by atoms with Crippen LogP contribution in [-0.4, -0.2) is 27.5 Å². The molecule has 1 aromatic carbocycles. The number of hydrogen-bond donors (Lipinski definition) is 3. The third-order valence-electron chi connectivity index (χ3n) is 5.62. The van der Waals surface area contributed by atoms with E-state index in [0.29, 0.717) is 12.1 Å². The molecule has 1 aliphatic carbocycles. The molecule has 1 saturated carbocycles. The second kappa shape index (κ2) is 7.53. The highest BCUT2D eigenvalue weighted by molar-refractivity contribution is 6.03. The van der Waals surface area contributed by atoms with Crippen molar-refractivity contribution >= 4 is 5.71 Å². The summed E-state index contributed by atoms with van der Waals surface area (Å²) in [5, 5.41) is 15.1. The van der Waals surface area contributed by atoms with E-state index in [4.69, 9.17) is 4.74 Å². The summed E-state index contributed by atoms with van der Waals surface area (Å²) in [5.74, 6) is 0.480. The lowest BCUT2D eigenvalue weighted by Gasteiger charge is -2.25. The van der Waals surface area contributed by atoms with Crippen LogP contribution >= 0.6 is 0 Å². The molecule has 0 spiro atoms. The Kier molecular flexibility index (Phi) is 4.93. The van der Waals surface area contributed by atoms with E-state index in [1.54, 1.807) is 7.11 Å². The van der Waals surface area contributed by atoms with Crippen molar-refractivity contribution < 1.29 is 9.84 Å². The summed E-state index contributed by atoms with van der Waals surface area (Å²) in [5.41, 5.74) is 3.38. The number of methoxy groups -OCH3 is 1. The number of rotatable bonds is 4. The number of hydrogen-bond acceptors (Lipinski definition) is 6. The third-order valence-corrected chi connectivity index (χ3v) is 5.62. The number of hydrazone groups is 1. The van der Waals surface area contributed by atoms with Crippen molar-refractivity contribution in [2.75, 3.05) is 7.11 Å². The van der Waals surface area contributed by atoms with Crippen LogP contribution in [0.1, 0.15) is 61.7 Å². The van der Waals surface area contributed by atoms with Crippen LogP contribution in [0, 0.1) is 0 Å². The monoisotopic (exact) mass is 384 g/mol. The largest absolute Gasteiger partial charge is 0.497 e. The van der Waals surface area contributed by atoms with Gasteiger partial charge in [0.15, 0.2) is 0 Å². The van der Waals surface area contributed by atoms with Gasteiger partial charge in [0, 0.05) is 12.5 Å². The van der Waals surface area contributed by atoms with Crippen LogP contribution in [0.3, 0.4) is 0 Å². The number of nitrogens with zero attached hydrogens (tertiary/aromatic N) is 2. The molecule has 2 heterocycles. The van der Waals surface area contributed by atoms with Crippen LogP contribution in [0.15, 0.2) is 39.0 Å². The van der Waals surface area contributed by atoms with Gasteiger partial charge in [-0.1, -0.05) is 31.4 Å². The van der Waals surface area contributed by atoms with Gasteiger partial charge >= 0.3 is 5.69 Å². The Morgan fingerprint density at radius 2 is 1.86 bits per heavy atom. The van der Waals surface area contributed by atoms with Crippen LogP contribution in [0.2, 0.25) is 0 Å². The maximum absolute atomic E-state index is 12.5. The lowest BCUT2D eigenvalue weighted by Crippen LogP contribution is -2.36. The molecule has 1 fully saturated rings. The van der Waals surface area contributed by atoms with Gasteiger partial charge in [-0.15, -0.1) is 0 Å². The molecule has 0 unspecified atom stereocenters. The number of ether oxygens (including phenoxy) is 1. The number of benzene rings is 1. The second-order valence-electron chi connectivity index (χ2n) is 7.34. The van der Waals surface area contributed by atoms with Gasteiger partial charge in [-0.2, -0.15) is 5.10 Å². The molecule has 8 nitrogen and oxygen atoms in total. The number of aromatic nitrogens is 2. The first-order chi connectivity index (χ1) is 13.6. The molecule has 0 bridgehead atoms. The Hall–Kier alpha value is -3.03. The fourth-order valence-electron chi connectivity index (χ4n) is 4.10. The standard InChI is InChI=1S/C20H24N4O4/c1-28-14-9-7-12(8-10-14)15-11-16(23-22-15)17-18(25)21-20(27)24(19(17)26)13-5-3-2-4-6-13/h7-10,13,15,22,26H,2-6,11H2,1H3,(H,21,25,27)/t15-/m1/s1. The van der Waals surface area contributed by atoms with Gasteiger partial charge in [0.25, 0.3) is 5.56 Å². The smallest absolute Gasteiger partial charge is 0.331 e. The number of H-pyrrole nitrogens is 1. The van der Waals surface area contributed by atoms with Crippen molar-refractivity contribution in [3.8, 4) is 11.6 Å². The normalized spacial score (nSPS) is 19.9. The van der Waals surface area contributed by atoms with E-state index in [0.717, 1.165) is 43.4 Å². The Labute approximate surface area is 161 Å². The van der Waals surface area contributed by atoms with E-state index in [1.165, 1.54) is 4.57 Å². The van der Waals surface area contributed by atoms with Gasteiger partial charge in [-0.05, 0) is 30.5 Å². The third kappa shape index (κ3) is 3.30. The van der Waals surface area contributed by atoms with Crippen LogP contribution < -0.4 is 21.4 Å². The summed E-state index contributed by atoms with van der Waals surface area (Å²) in [6.45, 7) is 0. The fraction of sp³-hybridized carbons (Fsp3) is 0.450. The van der Waals surface area contributed by atoms with Crippen molar-refractivity contribution in [3.05, 3.63) is 56.2 Å². The predicted molar refractivity (Wildman–Crippen MR) is 105 cm³/mol. The molecular weight excluding hydrogens is 360 g/mol. The molecule has 1 aromatic heterocycles. The van der Waals surface area contributed by atoms with Crippen molar-refractivity contribution in [2.24, 2.45) is 5.10 Å². The van der Waals surface area contributed by atoms with Gasteiger partial charge in [-0.3, -0.25) is 14.3 Å². The molecule has 3 N–H and O–H groups in total. The summed E-state index contributed by atoms with van der Waals surface area (Å²) in [6, 6.07) is 7.38. The molecule has 28 heavy (non-hydrogen) atoms. The lowest BCUT2D eigenvalue weighted by molar-refractivity contribution is 0.298. The van der Waals surface area contributed by atoms with Crippen molar-refractivity contribution in [2.45, 2.75) is 50.6 Å². The predicted octanol–water partition coefficient (Wildman–Crippen LogP) is 2.19. The van der Waals surface area contributed by atoms with Crippen LogP contribution in [0.5, 0.6) is 11.6 Å². The molecule has 148 valence electrons. The topological polar surface area (TPSA) is 109 Å². The van der Waals surface area contributed by atoms with Gasteiger partial charge in [-0.25, -0.2) is 4.79 Å². The summed E-state index contributed by atoms with van der Waals surface area (Å²) in [4.78, 5) is 27.2. The van der Waals surface area contributed by atoms with E-state index < -0.39 is 11.2 Å². The minimum absolute atomic E-state index is 0.0775. The first kappa shape index (κ1) is 18.3. The van der Waals surface area contributed by atoms with Crippen molar-refractivity contribution in [1.82, 2.24) is 15.0 Å². The highest BCUT2D eigenvalue weighted by Gasteiger charge is 2.29. The quantitative estimate of drug-likeness (QED) is 0.749. The number of aromatic hydroxyl groups is 1. The first-order valence-corrected chi connectivity index (χ1v) is 9.62. The maximum Gasteiger partial charge on any atom is 0.331 e. The number of aromatic amines is 1. The molecular formula is C20H24N4O4. The molecule has 1 atom stereocenters. The van der Waals surface area contributed by atoms with E-state index in [2.05, 4.69) is 15.5 Å². The minimum Gasteiger partial charge on any atom is -0.497 e. The molecule has 0 amide bonds. The average molecular weight is 384 g/mol. The zero-order chi connectivity index (χ0) is 19.7. The summed E-state index contributed by atoms with van der Waals surface area (Å²) in [7, 11) is 1.61. The second-order valence-corrected chi connectivity index (χ2v) is 7.34. The van der Waals surface area contributed by atoms with Crippen LogP contribution in [0.25, 0.3) is 0 Å². The van der Waals surface area contributed by atoms with Crippen LogP contribution in [0.4, 0.5) is 0 Å². The number of nitrogens with one attached hydrogen (secondary N) is 2. The first-order valence-electron chi connectivity index (χ1n) is 9.62. The van der Waals surface area contributed by atoms with Gasteiger partial charge in [0.2, 0.25) is 5.88 Å². The maximum atomic E-state index is 12.5. The molecule has 1 aliphatic heterocycles. The van der Waals surface area contributed by atoms with E-state index in [1.807, 2.05) is 24.3 Å². The van der Waals surface area contributed by atoms with Gasteiger partial charge in [0.05, 0.1) is 18.9 Å². The SMILES string of the molecule is COc1ccc([C@H]2CC(c3c(O)n(C4CCCCC4)c(=O)[nH]c3=O)=NN2)cc1. The average Bonchev–Trinajstić information content (AvgIpc) is 3.18. The Morgan fingerprint density at radius 3 is 2.54 bits per heavy atom. The van der Waals surface area contributed by atoms with Gasteiger partial charge < -0.3 is 15.3 Å². The molecule has 4 rings (SSSR count). The molecule has 0 saturated heterocycles. The highest BCUT2D eigenvalue weighted by Crippen LogP contribution is 2.32. The Balaban J connectivity index is 1.64. The van der Waals surface area contributed by atoms with E-state index in [9.17, 15) is 14.7 Å². The fourth-order valence-corrected chi connectivity index (χ4v) is 4.10. The minimum atomic E-state index is -0.606. The van der Waals surface area contributed by atoms with Crippen molar-refractivity contribution in [3.63, 3.8) is 0 Å². The molecule has 0 radical (unpaired) electrons. The molecule has 8 heteroatoms. The Morgan fingerprint density at radius 1 is 1.14 bits per heavy atom. The van der Waals surface area contributed by atoms with Crippen LogP contribution in [-0.2, 0) is 0 Å². The van der Waals surface area contributed by atoms with E-state index in [-0.39, 0.29) is 23.5 Å². The lowest BCUT2D eigenvalue weighted by atomic mass is 9.95. The molecule has 2 aliphatic rings. The molecule has 2 aromatic rings.